The van der Waals surface area contributed by atoms with E-state index in [1.807, 2.05) is 0 Å². The molecule has 4 atom stereocenters. The fraction of sp³-hybridized carbons (Fsp3) is 0.667. The minimum absolute atomic E-state index is 0.236. The molecule has 0 bridgehead atoms. The lowest BCUT2D eigenvalue weighted by molar-refractivity contribution is -0.149. The van der Waals surface area contributed by atoms with Gasteiger partial charge < -0.3 is 36.8 Å². The van der Waals surface area contributed by atoms with Gasteiger partial charge in [-0.1, -0.05) is 0 Å². The number of likely N-dealkylation sites (tertiary alicyclic amines) is 2. The number of hydrogen-bond donors (Lipinski definition) is 5. The Morgan fingerprint density at radius 3 is 2.06 bits per heavy atom. The van der Waals surface area contributed by atoms with Crippen molar-refractivity contribution in [3.8, 4) is 0 Å². The second-order valence-corrected chi connectivity index (χ2v) is 7.65. The number of carbonyl (C=O) groups is 6. The molecular weight excluding hydrogens is 414 g/mol. The molecule has 2 saturated heterocycles. The standard InChI is InChI=1S/C18H27N5O8/c19-9(7-13(20)24)16(28)23-6-2-4-12(23)17(29)22-5-1-3-11(22)15(27)21-10(18(30)31)8-14(25)26/h9-12H,1-8,19H2,(H2,20,24)(H,21,27)(H,25,26)(H,30,31). The second-order valence-electron chi connectivity index (χ2n) is 7.65. The summed E-state index contributed by atoms with van der Waals surface area (Å²) >= 11 is 0. The molecule has 4 amide bonds. The zero-order valence-electron chi connectivity index (χ0n) is 16.9. The van der Waals surface area contributed by atoms with E-state index >= 15 is 0 Å². The quantitative estimate of drug-likeness (QED) is 0.250. The summed E-state index contributed by atoms with van der Waals surface area (Å²) in [7, 11) is 0. The highest BCUT2D eigenvalue weighted by molar-refractivity contribution is 5.96. The number of carboxylic acids is 2. The smallest absolute Gasteiger partial charge is 0.326 e. The van der Waals surface area contributed by atoms with Crippen LogP contribution in [0, 0.1) is 0 Å². The lowest BCUT2D eigenvalue weighted by Gasteiger charge is -2.32. The maximum Gasteiger partial charge on any atom is 0.326 e. The average Bonchev–Trinajstić information content (AvgIpc) is 3.34. The maximum atomic E-state index is 13.1. The number of rotatable bonds is 9. The largest absolute Gasteiger partial charge is 0.481 e. The van der Waals surface area contributed by atoms with Gasteiger partial charge in [0.25, 0.3) is 0 Å². The fourth-order valence-electron chi connectivity index (χ4n) is 3.94. The van der Waals surface area contributed by atoms with Gasteiger partial charge in [-0.25, -0.2) is 4.79 Å². The van der Waals surface area contributed by atoms with Gasteiger partial charge in [-0.2, -0.15) is 0 Å². The first-order chi connectivity index (χ1) is 14.5. The number of carboxylic acid groups (broad SMARTS) is 2. The normalized spacial score (nSPS) is 22.6. The Bertz CT molecular complexity index is 772. The van der Waals surface area contributed by atoms with Crippen molar-refractivity contribution in [2.45, 2.75) is 62.7 Å². The van der Waals surface area contributed by atoms with E-state index in [0.29, 0.717) is 19.3 Å². The van der Waals surface area contributed by atoms with Crippen LogP contribution in [0.1, 0.15) is 38.5 Å². The first-order valence-electron chi connectivity index (χ1n) is 9.92. The molecule has 2 aliphatic heterocycles. The van der Waals surface area contributed by atoms with Crippen LogP contribution >= 0.6 is 0 Å². The molecule has 13 heteroatoms. The van der Waals surface area contributed by atoms with E-state index in [4.69, 9.17) is 21.7 Å². The topological polar surface area (TPSA) is 213 Å². The average molecular weight is 441 g/mol. The van der Waals surface area contributed by atoms with Gasteiger partial charge >= 0.3 is 11.9 Å². The summed E-state index contributed by atoms with van der Waals surface area (Å²) in [5.41, 5.74) is 10.8. The van der Waals surface area contributed by atoms with Crippen molar-refractivity contribution in [1.82, 2.24) is 15.1 Å². The predicted molar refractivity (Wildman–Crippen MR) is 103 cm³/mol. The van der Waals surface area contributed by atoms with E-state index < -0.39 is 66.2 Å². The highest BCUT2D eigenvalue weighted by atomic mass is 16.4. The van der Waals surface area contributed by atoms with Crippen molar-refractivity contribution in [2.75, 3.05) is 13.1 Å². The maximum absolute atomic E-state index is 13.1. The molecule has 0 aromatic rings. The summed E-state index contributed by atoms with van der Waals surface area (Å²) in [6, 6.07) is -4.62. The molecule has 0 aromatic carbocycles. The van der Waals surface area contributed by atoms with Gasteiger partial charge in [0, 0.05) is 13.1 Å². The summed E-state index contributed by atoms with van der Waals surface area (Å²) in [6.45, 7) is 0.506. The van der Waals surface area contributed by atoms with Crippen molar-refractivity contribution < 1.29 is 39.0 Å². The van der Waals surface area contributed by atoms with Gasteiger partial charge in [0.15, 0.2) is 0 Å². The second kappa shape index (κ2) is 10.2. The lowest BCUT2D eigenvalue weighted by atomic mass is 10.1. The molecule has 31 heavy (non-hydrogen) atoms. The van der Waals surface area contributed by atoms with Crippen LogP contribution in [0.3, 0.4) is 0 Å². The molecular formula is C18H27N5O8. The first kappa shape index (κ1) is 24.1. The van der Waals surface area contributed by atoms with E-state index in [-0.39, 0.29) is 25.9 Å². The van der Waals surface area contributed by atoms with Crippen molar-refractivity contribution in [1.29, 1.82) is 0 Å². The molecule has 0 aliphatic carbocycles. The van der Waals surface area contributed by atoms with Crippen LogP contribution in [0.5, 0.6) is 0 Å². The monoisotopic (exact) mass is 441 g/mol. The van der Waals surface area contributed by atoms with Gasteiger partial charge in [-0.15, -0.1) is 0 Å². The Morgan fingerprint density at radius 1 is 0.935 bits per heavy atom. The van der Waals surface area contributed by atoms with Crippen molar-refractivity contribution in [2.24, 2.45) is 11.5 Å². The van der Waals surface area contributed by atoms with E-state index in [1.54, 1.807) is 0 Å². The Morgan fingerprint density at radius 2 is 1.52 bits per heavy atom. The van der Waals surface area contributed by atoms with Crippen molar-refractivity contribution in [3.63, 3.8) is 0 Å². The molecule has 2 aliphatic rings. The van der Waals surface area contributed by atoms with Gasteiger partial charge in [-0.3, -0.25) is 24.0 Å². The van der Waals surface area contributed by atoms with E-state index in [1.165, 1.54) is 9.80 Å². The van der Waals surface area contributed by atoms with Crippen molar-refractivity contribution in [3.05, 3.63) is 0 Å². The number of carbonyl (C=O) groups excluding carboxylic acids is 4. The molecule has 0 saturated carbocycles. The lowest BCUT2D eigenvalue weighted by Crippen LogP contribution is -2.56. The molecule has 2 rings (SSSR count). The molecule has 0 spiro atoms. The summed E-state index contributed by atoms with van der Waals surface area (Å²) in [5, 5.41) is 20.1. The van der Waals surface area contributed by atoms with Gasteiger partial charge in [0.1, 0.15) is 18.1 Å². The van der Waals surface area contributed by atoms with Crippen LogP contribution in [-0.2, 0) is 28.8 Å². The van der Waals surface area contributed by atoms with Crippen molar-refractivity contribution >= 4 is 35.6 Å². The zero-order chi connectivity index (χ0) is 23.3. The molecule has 2 heterocycles. The van der Waals surface area contributed by atoms with E-state index in [2.05, 4.69) is 5.32 Å². The molecule has 7 N–H and O–H groups in total. The molecule has 4 unspecified atom stereocenters. The first-order valence-corrected chi connectivity index (χ1v) is 9.92. The molecule has 2 fully saturated rings. The molecule has 0 radical (unpaired) electrons. The van der Waals surface area contributed by atoms with E-state index in [9.17, 15) is 28.8 Å². The van der Waals surface area contributed by atoms with Gasteiger partial charge in [0.2, 0.25) is 23.6 Å². The number of nitrogens with two attached hydrogens (primary N) is 2. The van der Waals surface area contributed by atoms with Crippen LogP contribution in [-0.4, -0.2) is 92.8 Å². The summed E-state index contributed by atoms with van der Waals surface area (Å²) < 4.78 is 0. The Balaban J connectivity index is 2.09. The van der Waals surface area contributed by atoms with Crippen LogP contribution < -0.4 is 16.8 Å². The fourth-order valence-corrected chi connectivity index (χ4v) is 3.94. The number of aliphatic carboxylic acids is 2. The van der Waals surface area contributed by atoms with Crippen LogP contribution in [0.25, 0.3) is 0 Å². The molecule has 13 nitrogen and oxygen atoms in total. The highest BCUT2D eigenvalue weighted by Crippen LogP contribution is 2.25. The Kier molecular flexibility index (Phi) is 7.91. The third-order valence-electron chi connectivity index (χ3n) is 5.39. The van der Waals surface area contributed by atoms with Crippen LogP contribution in [0.4, 0.5) is 0 Å². The third-order valence-corrected chi connectivity index (χ3v) is 5.39. The number of nitrogens with zero attached hydrogens (tertiary/aromatic N) is 2. The number of nitrogens with one attached hydrogen (secondary N) is 1. The minimum atomic E-state index is -1.63. The Labute approximate surface area is 177 Å². The SMILES string of the molecule is NC(=O)CC(N)C(=O)N1CCCC1C(=O)N1CCCC1C(=O)NC(CC(=O)O)C(=O)O. The summed E-state index contributed by atoms with van der Waals surface area (Å²) in [6.07, 6.45) is 0.502. The number of primary amides is 1. The van der Waals surface area contributed by atoms with Gasteiger partial charge in [0.05, 0.1) is 18.9 Å². The minimum Gasteiger partial charge on any atom is -0.481 e. The highest BCUT2D eigenvalue weighted by Gasteiger charge is 2.43. The predicted octanol–water partition coefficient (Wildman–Crippen LogP) is -2.78. The summed E-state index contributed by atoms with van der Waals surface area (Å²) in [5.74, 6) is -5.45. The van der Waals surface area contributed by atoms with Crippen LogP contribution in [0.15, 0.2) is 0 Å². The van der Waals surface area contributed by atoms with E-state index in [0.717, 1.165) is 0 Å². The molecule has 0 aromatic heterocycles. The third kappa shape index (κ3) is 5.90. The number of hydrogen-bond acceptors (Lipinski definition) is 7. The summed E-state index contributed by atoms with van der Waals surface area (Å²) in [4.78, 5) is 74.0. The van der Waals surface area contributed by atoms with Crippen LogP contribution in [0.2, 0.25) is 0 Å². The van der Waals surface area contributed by atoms with Gasteiger partial charge in [-0.05, 0) is 25.7 Å². The number of amides is 4. The molecule has 172 valence electrons. The Hall–Kier alpha value is -3.22. The zero-order valence-corrected chi connectivity index (χ0v) is 16.9.